The van der Waals surface area contributed by atoms with Crippen molar-refractivity contribution in [2.75, 3.05) is 4.90 Å². The molecule has 0 aliphatic carbocycles. The Hall–Kier alpha value is -4.22. The highest BCUT2D eigenvalue weighted by molar-refractivity contribution is 6.41. The van der Waals surface area contributed by atoms with Crippen molar-refractivity contribution in [3.05, 3.63) is 118 Å². The van der Waals surface area contributed by atoms with Gasteiger partial charge in [-0.1, -0.05) is 78.3 Å². The van der Waals surface area contributed by atoms with Crippen LogP contribution in [0.3, 0.4) is 0 Å². The van der Waals surface area contributed by atoms with Crippen molar-refractivity contribution in [2.45, 2.75) is 6.54 Å². The fourth-order valence-electron chi connectivity index (χ4n) is 4.04. The molecule has 166 valence electrons. The zero-order valence-corrected chi connectivity index (χ0v) is 18.9. The molecule has 0 radical (unpaired) electrons. The number of hydrazone groups is 1. The molecule has 0 spiro atoms. The van der Waals surface area contributed by atoms with E-state index in [1.807, 2.05) is 78.9 Å². The number of nitrogens with one attached hydrogen (secondary N) is 1. The molecule has 0 saturated heterocycles. The second-order valence-electron chi connectivity index (χ2n) is 7.91. The number of benzene rings is 4. The zero-order valence-electron chi connectivity index (χ0n) is 18.1. The Balaban J connectivity index is 1.24. The molecule has 6 heteroatoms. The van der Waals surface area contributed by atoms with Crippen molar-refractivity contribution in [1.29, 1.82) is 0 Å². The number of allylic oxidation sites excluding steroid dienone is 1. The average Bonchev–Trinajstić information content (AvgIpc) is 3.13. The van der Waals surface area contributed by atoms with E-state index < -0.39 is 0 Å². The molecule has 1 heterocycles. The zero-order chi connectivity index (χ0) is 23.5. The molecule has 5 rings (SSSR count). The second kappa shape index (κ2) is 9.33. The first kappa shape index (κ1) is 21.6. The van der Waals surface area contributed by atoms with Crippen LogP contribution >= 0.6 is 11.6 Å². The highest BCUT2D eigenvalue weighted by Crippen LogP contribution is 2.37. The van der Waals surface area contributed by atoms with Gasteiger partial charge in [-0.15, -0.1) is 0 Å². The quantitative estimate of drug-likeness (QED) is 0.280. The number of halogens is 1. The molecule has 0 unspecified atom stereocenters. The van der Waals surface area contributed by atoms with Crippen molar-refractivity contribution < 1.29 is 9.59 Å². The number of hydrogen-bond acceptors (Lipinski definition) is 3. The molecule has 34 heavy (non-hydrogen) atoms. The normalized spacial score (nSPS) is 13.1. The van der Waals surface area contributed by atoms with Crippen molar-refractivity contribution in [3.8, 4) is 0 Å². The third-order valence-corrected chi connectivity index (χ3v) is 5.87. The van der Waals surface area contributed by atoms with Crippen LogP contribution in [-0.4, -0.2) is 18.0 Å². The van der Waals surface area contributed by atoms with Crippen LogP contribution in [0.4, 0.5) is 5.69 Å². The summed E-state index contributed by atoms with van der Waals surface area (Å²) in [4.78, 5) is 27.2. The summed E-state index contributed by atoms with van der Waals surface area (Å²) >= 11 is 6.15. The van der Waals surface area contributed by atoms with E-state index in [0.29, 0.717) is 17.1 Å². The summed E-state index contributed by atoms with van der Waals surface area (Å²) in [5, 5.41) is 6.37. The minimum absolute atomic E-state index is 0.0107. The van der Waals surface area contributed by atoms with E-state index in [0.717, 1.165) is 33.2 Å². The predicted molar refractivity (Wildman–Crippen MR) is 137 cm³/mol. The van der Waals surface area contributed by atoms with E-state index in [-0.39, 0.29) is 11.8 Å². The predicted octanol–water partition coefficient (Wildman–Crippen LogP) is 6.00. The summed E-state index contributed by atoms with van der Waals surface area (Å²) in [5.74, 6) is -0.357. The molecule has 0 saturated carbocycles. The third kappa shape index (κ3) is 4.34. The second-order valence-corrected chi connectivity index (χ2v) is 8.34. The van der Waals surface area contributed by atoms with Gasteiger partial charge >= 0.3 is 0 Å². The topological polar surface area (TPSA) is 61.8 Å². The van der Waals surface area contributed by atoms with Crippen molar-refractivity contribution >= 4 is 52.2 Å². The molecule has 1 N–H and O–H groups in total. The molecule has 0 bridgehead atoms. The molecular formula is C28H20ClN3O2. The Morgan fingerprint density at radius 1 is 0.912 bits per heavy atom. The number of rotatable bonds is 6. The molecule has 1 aliphatic heterocycles. The summed E-state index contributed by atoms with van der Waals surface area (Å²) in [6.07, 6.45) is 3.14. The monoisotopic (exact) mass is 465 g/mol. The van der Waals surface area contributed by atoms with Crippen LogP contribution in [0.5, 0.6) is 0 Å². The van der Waals surface area contributed by atoms with Crippen LogP contribution in [0.15, 0.2) is 101 Å². The first-order valence-electron chi connectivity index (χ1n) is 10.8. The van der Waals surface area contributed by atoms with Crippen molar-refractivity contribution in [2.24, 2.45) is 5.10 Å². The molecule has 4 aromatic rings. The molecular weight excluding hydrogens is 446 g/mol. The van der Waals surface area contributed by atoms with Crippen LogP contribution < -0.4 is 10.3 Å². The number of carbonyl (C=O) groups is 2. The van der Waals surface area contributed by atoms with Gasteiger partial charge in [0.15, 0.2) is 0 Å². The van der Waals surface area contributed by atoms with Gasteiger partial charge in [0.1, 0.15) is 0 Å². The summed E-state index contributed by atoms with van der Waals surface area (Å²) < 4.78 is 0. The van der Waals surface area contributed by atoms with E-state index in [1.165, 1.54) is 6.21 Å². The largest absolute Gasteiger partial charge is 0.303 e. The highest BCUT2D eigenvalue weighted by Gasteiger charge is 2.29. The maximum Gasteiger partial charge on any atom is 0.271 e. The van der Waals surface area contributed by atoms with Gasteiger partial charge in [-0.25, -0.2) is 5.43 Å². The third-order valence-electron chi connectivity index (χ3n) is 5.66. The molecule has 0 fully saturated rings. The van der Waals surface area contributed by atoms with Crippen LogP contribution in [0.25, 0.3) is 16.8 Å². The van der Waals surface area contributed by atoms with E-state index in [1.54, 1.807) is 23.1 Å². The summed E-state index contributed by atoms with van der Waals surface area (Å²) in [6.45, 7) is 0.423. The van der Waals surface area contributed by atoms with E-state index in [9.17, 15) is 9.59 Å². The number of amides is 2. The van der Waals surface area contributed by atoms with Gasteiger partial charge in [0, 0.05) is 16.5 Å². The molecule has 2 amide bonds. The van der Waals surface area contributed by atoms with Gasteiger partial charge in [-0.3, -0.25) is 9.59 Å². The van der Waals surface area contributed by atoms with Gasteiger partial charge in [-0.2, -0.15) is 5.10 Å². The Kier molecular flexibility index (Phi) is 5.93. The summed E-state index contributed by atoms with van der Waals surface area (Å²) in [7, 11) is 0. The standard InChI is InChI=1S/C28H20ClN3O2/c29-23(16-19-6-2-1-3-7-19)17-30-31-27(33)22-14-12-20(13-15-22)18-32-25-11-5-9-21-8-4-10-24(26(21)25)28(32)34/h1-17H,18H2,(H,31,33). The lowest BCUT2D eigenvalue weighted by atomic mass is 10.1. The van der Waals surface area contributed by atoms with Crippen LogP contribution in [0, 0.1) is 0 Å². The van der Waals surface area contributed by atoms with Gasteiger partial charge < -0.3 is 4.90 Å². The van der Waals surface area contributed by atoms with Gasteiger partial charge in [0.05, 0.1) is 23.5 Å². The number of nitrogens with zero attached hydrogens (tertiary/aromatic N) is 2. The Labute approximate surface area is 202 Å². The smallest absolute Gasteiger partial charge is 0.271 e. The lowest BCUT2D eigenvalue weighted by Gasteiger charge is -2.18. The molecule has 1 aliphatic rings. The van der Waals surface area contributed by atoms with Gasteiger partial charge in [0.2, 0.25) is 0 Å². The van der Waals surface area contributed by atoms with Crippen molar-refractivity contribution in [3.63, 3.8) is 0 Å². The maximum absolute atomic E-state index is 13.0. The van der Waals surface area contributed by atoms with Gasteiger partial charge in [-0.05, 0) is 46.9 Å². The Bertz CT molecular complexity index is 1440. The minimum atomic E-state index is -0.346. The highest BCUT2D eigenvalue weighted by atomic mass is 35.5. The average molecular weight is 466 g/mol. The number of carbonyl (C=O) groups excluding carboxylic acids is 2. The van der Waals surface area contributed by atoms with Gasteiger partial charge in [0.25, 0.3) is 11.8 Å². The number of hydrogen-bond donors (Lipinski definition) is 1. The van der Waals surface area contributed by atoms with E-state index >= 15 is 0 Å². The van der Waals surface area contributed by atoms with Crippen LogP contribution in [0.2, 0.25) is 0 Å². The summed E-state index contributed by atoms with van der Waals surface area (Å²) in [6, 6.07) is 28.4. The minimum Gasteiger partial charge on any atom is -0.303 e. The SMILES string of the molecule is O=C(NN=CC(Cl)=Cc1ccccc1)c1ccc(CN2C(=O)c3cccc4cccc2c34)cc1. The van der Waals surface area contributed by atoms with Crippen LogP contribution in [-0.2, 0) is 6.54 Å². The first-order chi connectivity index (χ1) is 16.6. The van der Waals surface area contributed by atoms with Crippen molar-refractivity contribution in [1.82, 2.24) is 5.43 Å². The number of anilines is 1. The Morgan fingerprint density at radius 3 is 2.41 bits per heavy atom. The fraction of sp³-hybridized carbons (Fsp3) is 0.0357. The van der Waals surface area contributed by atoms with E-state index in [2.05, 4.69) is 10.5 Å². The lowest BCUT2D eigenvalue weighted by Crippen LogP contribution is -2.26. The maximum atomic E-state index is 13.0. The molecule has 0 aromatic heterocycles. The summed E-state index contributed by atoms with van der Waals surface area (Å²) in [5.41, 5.74) is 6.44. The molecule has 4 aromatic carbocycles. The Morgan fingerprint density at radius 2 is 1.65 bits per heavy atom. The lowest BCUT2D eigenvalue weighted by molar-refractivity contribution is 0.0953. The molecule has 5 nitrogen and oxygen atoms in total. The first-order valence-corrected chi connectivity index (χ1v) is 11.2. The van der Waals surface area contributed by atoms with Crippen LogP contribution in [0.1, 0.15) is 31.8 Å². The fourth-order valence-corrected chi connectivity index (χ4v) is 4.22. The van der Waals surface area contributed by atoms with E-state index in [4.69, 9.17) is 11.6 Å². The molecule has 0 atom stereocenters.